The SMILES string of the molecule is CCC1(CC)c2cc(/C=C/c3cc(-c4cccc5ccccc45)cc(-c4cccc5ccccc45)c3)ccc2-c2ccc(N(c3ccccc3)c3ccccc3)cc21. The first kappa shape index (κ1) is 35.5. The molecular formula is C57H45N. The van der Waals surface area contributed by atoms with Crippen molar-refractivity contribution in [1.82, 2.24) is 0 Å². The van der Waals surface area contributed by atoms with Crippen LogP contribution in [0.1, 0.15) is 48.9 Å². The molecule has 1 aliphatic carbocycles. The summed E-state index contributed by atoms with van der Waals surface area (Å²) < 4.78 is 0. The highest BCUT2D eigenvalue weighted by atomic mass is 15.1. The Hall–Kier alpha value is -6.96. The van der Waals surface area contributed by atoms with Crippen LogP contribution in [-0.2, 0) is 5.41 Å². The van der Waals surface area contributed by atoms with Gasteiger partial charge in [-0.25, -0.2) is 0 Å². The third kappa shape index (κ3) is 6.12. The molecule has 0 bridgehead atoms. The summed E-state index contributed by atoms with van der Waals surface area (Å²) in [5.74, 6) is 0. The van der Waals surface area contributed by atoms with Crippen molar-refractivity contribution in [2.75, 3.05) is 4.90 Å². The Bertz CT molecular complexity index is 2820. The average Bonchev–Trinajstić information content (AvgIpc) is 3.57. The number of benzene rings is 9. The van der Waals surface area contributed by atoms with Crippen LogP contribution in [0.15, 0.2) is 200 Å². The van der Waals surface area contributed by atoms with Crippen molar-refractivity contribution in [2.24, 2.45) is 0 Å². The van der Waals surface area contributed by atoms with Gasteiger partial charge in [-0.15, -0.1) is 0 Å². The van der Waals surface area contributed by atoms with Gasteiger partial charge in [-0.1, -0.05) is 172 Å². The van der Waals surface area contributed by atoms with Crippen molar-refractivity contribution in [1.29, 1.82) is 0 Å². The van der Waals surface area contributed by atoms with Gasteiger partial charge in [0.2, 0.25) is 0 Å². The third-order valence-corrected chi connectivity index (χ3v) is 12.5. The van der Waals surface area contributed by atoms with Crippen molar-refractivity contribution in [3.05, 3.63) is 222 Å². The van der Waals surface area contributed by atoms with Gasteiger partial charge in [0.15, 0.2) is 0 Å². The first-order chi connectivity index (χ1) is 28.6. The van der Waals surface area contributed by atoms with Crippen LogP contribution in [0.2, 0.25) is 0 Å². The molecule has 0 amide bonds. The molecule has 0 aliphatic heterocycles. The second kappa shape index (κ2) is 14.8. The lowest BCUT2D eigenvalue weighted by Crippen LogP contribution is -2.23. The van der Waals surface area contributed by atoms with Gasteiger partial charge < -0.3 is 4.90 Å². The zero-order chi connectivity index (χ0) is 39.1. The average molecular weight is 744 g/mol. The second-order valence-corrected chi connectivity index (χ2v) is 15.6. The molecule has 0 radical (unpaired) electrons. The van der Waals surface area contributed by atoms with E-state index in [4.69, 9.17) is 0 Å². The number of rotatable bonds is 9. The first-order valence-corrected chi connectivity index (χ1v) is 20.6. The maximum absolute atomic E-state index is 2.46. The summed E-state index contributed by atoms with van der Waals surface area (Å²) in [6, 6.07) is 73.5. The fraction of sp³-hybridized carbons (Fsp3) is 0.0877. The number of para-hydroxylation sites is 2. The van der Waals surface area contributed by atoms with Crippen molar-refractivity contribution in [2.45, 2.75) is 32.1 Å². The molecule has 0 saturated carbocycles. The molecule has 0 fully saturated rings. The molecule has 1 heteroatoms. The van der Waals surface area contributed by atoms with E-state index in [-0.39, 0.29) is 5.41 Å². The van der Waals surface area contributed by atoms with Gasteiger partial charge in [0.05, 0.1) is 0 Å². The van der Waals surface area contributed by atoms with E-state index in [1.54, 1.807) is 0 Å². The number of hydrogen-bond donors (Lipinski definition) is 0. The lowest BCUT2D eigenvalue weighted by Gasteiger charge is -2.32. The minimum Gasteiger partial charge on any atom is -0.310 e. The van der Waals surface area contributed by atoms with Crippen LogP contribution in [0.4, 0.5) is 17.1 Å². The highest BCUT2D eigenvalue weighted by Gasteiger charge is 2.41. The van der Waals surface area contributed by atoms with Crippen LogP contribution in [0.25, 0.3) is 67.1 Å². The van der Waals surface area contributed by atoms with Crippen LogP contribution < -0.4 is 4.90 Å². The molecule has 10 rings (SSSR count). The van der Waals surface area contributed by atoms with E-state index in [1.165, 1.54) is 82.9 Å². The van der Waals surface area contributed by atoms with E-state index in [0.29, 0.717) is 0 Å². The van der Waals surface area contributed by atoms with Gasteiger partial charge in [-0.2, -0.15) is 0 Å². The largest absolute Gasteiger partial charge is 0.310 e. The van der Waals surface area contributed by atoms with Gasteiger partial charge in [-0.05, 0) is 145 Å². The maximum atomic E-state index is 2.46. The first-order valence-electron chi connectivity index (χ1n) is 20.6. The molecule has 9 aromatic carbocycles. The van der Waals surface area contributed by atoms with Crippen molar-refractivity contribution >= 4 is 50.8 Å². The third-order valence-electron chi connectivity index (χ3n) is 12.5. The molecule has 0 saturated heterocycles. The van der Waals surface area contributed by atoms with E-state index in [1.807, 2.05) is 0 Å². The zero-order valence-corrected chi connectivity index (χ0v) is 33.1. The number of anilines is 3. The summed E-state index contributed by atoms with van der Waals surface area (Å²) in [7, 11) is 0. The monoisotopic (exact) mass is 743 g/mol. The second-order valence-electron chi connectivity index (χ2n) is 15.6. The molecular weight excluding hydrogens is 699 g/mol. The highest BCUT2D eigenvalue weighted by molar-refractivity contribution is 6.01. The molecule has 0 N–H and O–H groups in total. The van der Waals surface area contributed by atoms with E-state index in [2.05, 4.69) is 231 Å². The van der Waals surface area contributed by atoms with E-state index >= 15 is 0 Å². The Labute approximate surface area is 342 Å². The zero-order valence-electron chi connectivity index (χ0n) is 33.1. The predicted octanol–water partition coefficient (Wildman–Crippen LogP) is 16.1. The molecule has 58 heavy (non-hydrogen) atoms. The van der Waals surface area contributed by atoms with Crippen molar-refractivity contribution < 1.29 is 0 Å². The van der Waals surface area contributed by atoms with Gasteiger partial charge in [0.25, 0.3) is 0 Å². The summed E-state index contributed by atoms with van der Waals surface area (Å²) in [5, 5.41) is 5.04. The quantitative estimate of drug-likeness (QED) is 0.133. The number of nitrogens with zero attached hydrogens (tertiary/aromatic N) is 1. The smallest absolute Gasteiger partial charge is 0.0465 e. The fourth-order valence-electron chi connectivity index (χ4n) is 9.56. The standard InChI is InChI=1S/C57H45N/c1-3-57(4-2)55-37-40(31-33-53(55)54-34-32-48(39-56(54)57)58(46-21-7-5-8-22-46)47-23-9-6-10-24-47)29-30-41-35-44(51-27-15-19-42-17-11-13-25-49(42)51)38-45(36-41)52-28-16-20-43-18-12-14-26-50(43)52/h5-39H,3-4H2,1-2H3/b30-29+. The summed E-state index contributed by atoms with van der Waals surface area (Å²) in [5.41, 5.74) is 16.3. The summed E-state index contributed by atoms with van der Waals surface area (Å²) >= 11 is 0. The molecule has 1 aliphatic rings. The Morgan fingerprint density at radius 2 is 0.862 bits per heavy atom. The molecule has 0 unspecified atom stereocenters. The molecule has 278 valence electrons. The van der Waals surface area contributed by atoms with Gasteiger partial charge >= 0.3 is 0 Å². The normalized spacial score (nSPS) is 12.9. The molecule has 0 heterocycles. The lowest BCUT2D eigenvalue weighted by atomic mass is 9.73. The van der Waals surface area contributed by atoms with Gasteiger partial charge in [0, 0.05) is 22.5 Å². The van der Waals surface area contributed by atoms with E-state index in [9.17, 15) is 0 Å². The molecule has 0 aromatic heterocycles. The predicted molar refractivity (Wildman–Crippen MR) is 249 cm³/mol. The van der Waals surface area contributed by atoms with Gasteiger partial charge in [-0.3, -0.25) is 0 Å². The Morgan fingerprint density at radius 1 is 0.379 bits per heavy atom. The Kier molecular flexibility index (Phi) is 9.07. The molecule has 0 spiro atoms. The Morgan fingerprint density at radius 3 is 1.43 bits per heavy atom. The van der Waals surface area contributed by atoms with Crippen molar-refractivity contribution in [3.8, 4) is 33.4 Å². The minimum atomic E-state index is -0.0839. The van der Waals surface area contributed by atoms with Crippen LogP contribution in [-0.4, -0.2) is 0 Å². The van der Waals surface area contributed by atoms with E-state index < -0.39 is 0 Å². The lowest BCUT2D eigenvalue weighted by molar-refractivity contribution is 0.490. The van der Waals surface area contributed by atoms with Crippen LogP contribution in [0.5, 0.6) is 0 Å². The number of fused-ring (bicyclic) bond motifs is 5. The van der Waals surface area contributed by atoms with Crippen LogP contribution in [0, 0.1) is 0 Å². The minimum absolute atomic E-state index is 0.0839. The van der Waals surface area contributed by atoms with Gasteiger partial charge in [0.1, 0.15) is 0 Å². The number of hydrogen-bond acceptors (Lipinski definition) is 1. The van der Waals surface area contributed by atoms with Crippen molar-refractivity contribution in [3.63, 3.8) is 0 Å². The van der Waals surface area contributed by atoms with E-state index in [0.717, 1.165) is 24.2 Å². The summed E-state index contributed by atoms with van der Waals surface area (Å²) in [4.78, 5) is 2.38. The summed E-state index contributed by atoms with van der Waals surface area (Å²) in [6.45, 7) is 4.72. The topological polar surface area (TPSA) is 3.24 Å². The molecule has 9 aromatic rings. The maximum Gasteiger partial charge on any atom is 0.0465 e. The Balaban J connectivity index is 1.06. The fourth-order valence-corrected chi connectivity index (χ4v) is 9.56. The van der Waals surface area contributed by atoms with Crippen LogP contribution >= 0.6 is 0 Å². The molecule has 0 atom stereocenters. The summed E-state index contributed by atoms with van der Waals surface area (Å²) in [6.07, 6.45) is 6.67. The highest BCUT2D eigenvalue weighted by Crippen LogP contribution is 2.54. The van der Waals surface area contributed by atoms with Crippen LogP contribution in [0.3, 0.4) is 0 Å². The molecule has 1 nitrogen and oxygen atoms in total.